The van der Waals surface area contributed by atoms with E-state index in [-0.39, 0.29) is 12.0 Å². The van der Waals surface area contributed by atoms with E-state index in [0.717, 1.165) is 30.9 Å². The van der Waals surface area contributed by atoms with Gasteiger partial charge in [0.05, 0.1) is 18.4 Å². The number of morpholine rings is 1. The summed E-state index contributed by atoms with van der Waals surface area (Å²) in [6.07, 6.45) is -0.0321. The predicted octanol–water partition coefficient (Wildman–Crippen LogP) is 3.37. The van der Waals surface area contributed by atoms with Crippen LogP contribution in [-0.4, -0.2) is 52.9 Å². The van der Waals surface area contributed by atoms with Gasteiger partial charge < -0.3 is 10.1 Å². The van der Waals surface area contributed by atoms with E-state index in [0.29, 0.717) is 23.9 Å². The molecule has 3 aromatic rings. The molecule has 1 aliphatic heterocycles. The minimum atomic E-state index is -0.158. The first kappa shape index (κ1) is 20.6. The van der Waals surface area contributed by atoms with Crippen LogP contribution in [-0.2, 0) is 18.3 Å². The molecular weight excluding hydrogens is 400 g/mol. The van der Waals surface area contributed by atoms with Crippen molar-refractivity contribution in [1.82, 2.24) is 20.0 Å². The maximum Gasteiger partial charge on any atom is 0.269 e. The fourth-order valence-electron chi connectivity index (χ4n) is 3.63. The van der Waals surface area contributed by atoms with Crippen LogP contribution in [0.25, 0.3) is 11.3 Å². The second kappa shape index (κ2) is 9.43. The smallest absolute Gasteiger partial charge is 0.269 e. The van der Waals surface area contributed by atoms with Gasteiger partial charge in [0, 0.05) is 43.8 Å². The highest BCUT2D eigenvalue weighted by molar-refractivity contribution is 6.30. The molecule has 1 atom stereocenters. The molecule has 0 aliphatic carbocycles. The van der Waals surface area contributed by atoms with Crippen molar-refractivity contribution >= 4 is 17.5 Å². The third kappa shape index (κ3) is 5.08. The zero-order chi connectivity index (χ0) is 20.9. The van der Waals surface area contributed by atoms with Crippen LogP contribution in [0.2, 0.25) is 5.02 Å². The van der Waals surface area contributed by atoms with Gasteiger partial charge in [-0.15, -0.1) is 0 Å². The average Bonchev–Trinajstić information content (AvgIpc) is 3.15. The summed E-state index contributed by atoms with van der Waals surface area (Å²) in [7, 11) is 1.77. The molecule has 2 heterocycles. The van der Waals surface area contributed by atoms with Crippen LogP contribution in [0.3, 0.4) is 0 Å². The van der Waals surface area contributed by atoms with Gasteiger partial charge in [0.15, 0.2) is 0 Å². The standard InChI is InChI=1S/C23H25ClN4O2/c1-27-22(13-21(26-27)18-7-9-19(24)10-8-18)23(29)25-14-20-16-28(11-12-30-20)15-17-5-3-2-4-6-17/h2-10,13,20H,11-12,14-16H2,1H3,(H,25,29)/t20-/m1/s1. The number of carbonyl (C=O) groups is 1. The summed E-state index contributed by atoms with van der Waals surface area (Å²) in [6.45, 7) is 3.70. The Morgan fingerprint density at radius 3 is 2.73 bits per heavy atom. The summed E-state index contributed by atoms with van der Waals surface area (Å²) < 4.78 is 7.46. The number of ether oxygens (including phenoxy) is 1. The number of carbonyl (C=O) groups excluding carboxylic acids is 1. The Labute approximate surface area is 181 Å². The molecule has 0 saturated carbocycles. The summed E-state index contributed by atoms with van der Waals surface area (Å²) in [4.78, 5) is 15.1. The summed E-state index contributed by atoms with van der Waals surface area (Å²) in [6, 6.07) is 19.6. The van der Waals surface area contributed by atoms with Gasteiger partial charge in [-0.2, -0.15) is 5.10 Å². The van der Waals surface area contributed by atoms with Crippen LogP contribution >= 0.6 is 11.6 Å². The Hall–Kier alpha value is -2.67. The average molecular weight is 425 g/mol. The highest BCUT2D eigenvalue weighted by Gasteiger charge is 2.22. The van der Waals surface area contributed by atoms with Crippen molar-refractivity contribution < 1.29 is 9.53 Å². The third-order valence-corrected chi connectivity index (χ3v) is 5.47. The predicted molar refractivity (Wildman–Crippen MR) is 117 cm³/mol. The van der Waals surface area contributed by atoms with Crippen LogP contribution < -0.4 is 5.32 Å². The van der Waals surface area contributed by atoms with Crippen molar-refractivity contribution in [3.8, 4) is 11.3 Å². The fraction of sp³-hybridized carbons (Fsp3) is 0.304. The topological polar surface area (TPSA) is 59.4 Å². The first-order valence-electron chi connectivity index (χ1n) is 10.0. The van der Waals surface area contributed by atoms with E-state index in [4.69, 9.17) is 16.3 Å². The largest absolute Gasteiger partial charge is 0.374 e. The quantitative estimate of drug-likeness (QED) is 0.659. The van der Waals surface area contributed by atoms with Crippen LogP contribution in [0.15, 0.2) is 60.7 Å². The number of nitrogens with one attached hydrogen (secondary N) is 1. The Balaban J connectivity index is 1.33. The van der Waals surface area contributed by atoms with Crippen molar-refractivity contribution in [2.24, 2.45) is 7.05 Å². The molecule has 156 valence electrons. The number of aryl methyl sites for hydroxylation is 1. The van der Waals surface area contributed by atoms with Crippen LogP contribution in [0.1, 0.15) is 16.1 Å². The van der Waals surface area contributed by atoms with E-state index >= 15 is 0 Å². The summed E-state index contributed by atoms with van der Waals surface area (Å²) in [5, 5.41) is 8.12. The number of hydrogen-bond acceptors (Lipinski definition) is 4. The first-order chi connectivity index (χ1) is 14.6. The molecule has 4 rings (SSSR count). The van der Waals surface area contributed by atoms with E-state index in [1.54, 1.807) is 17.8 Å². The number of nitrogens with zero attached hydrogens (tertiary/aromatic N) is 3. The van der Waals surface area contributed by atoms with E-state index in [2.05, 4.69) is 39.6 Å². The maximum absolute atomic E-state index is 12.7. The molecule has 1 N–H and O–H groups in total. The second-order valence-electron chi connectivity index (χ2n) is 7.47. The SMILES string of the molecule is Cn1nc(-c2ccc(Cl)cc2)cc1C(=O)NC[C@@H]1CN(Cc2ccccc2)CCO1. The zero-order valence-corrected chi connectivity index (χ0v) is 17.7. The van der Waals surface area contributed by atoms with Crippen LogP contribution in [0.4, 0.5) is 0 Å². The van der Waals surface area contributed by atoms with Gasteiger partial charge in [-0.3, -0.25) is 14.4 Å². The molecule has 2 aromatic carbocycles. The Bertz CT molecular complexity index is 988. The lowest BCUT2D eigenvalue weighted by atomic mass is 10.1. The Morgan fingerprint density at radius 2 is 1.97 bits per heavy atom. The molecule has 0 spiro atoms. The molecule has 1 aliphatic rings. The number of amides is 1. The molecule has 1 aromatic heterocycles. The van der Waals surface area contributed by atoms with Gasteiger partial charge >= 0.3 is 0 Å². The molecule has 6 nitrogen and oxygen atoms in total. The molecule has 7 heteroatoms. The molecular formula is C23H25ClN4O2. The van der Waals surface area contributed by atoms with Gasteiger partial charge in [0.1, 0.15) is 5.69 Å². The van der Waals surface area contributed by atoms with E-state index in [9.17, 15) is 4.79 Å². The molecule has 1 amide bonds. The highest BCUT2D eigenvalue weighted by Crippen LogP contribution is 2.21. The third-order valence-electron chi connectivity index (χ3n) is 5.21. The number of aromatic nitrogens is 2. The zero-order valence-electron chi connectivity index (χ0n) is 16.9. The number of hydrogen-bond donors (Lipinski definition) is 1. The number of halogens is 1. The highest BCUT2D eigenvalue weighted by atomic mass is 35.5. The van der Waals surface area contributed by atoms with E-state index in [1.807, 2.05) is 30.3 Å². The molecule has 0 unspecified atom stereocenters. The molecule has 30 heavy (non-hydrogen) atoms. The maximum atomic E-state index is 12.7. The van der Waals surface area contributed by atoms with Crippen molar-refractivity contribution in [2.75, 3.05) is 26.2 Å². The normalized spacial score (nSPS) is 17.1. The van der Waals surface area contributed by atoms with Gasteiger partial charge in [-0.05, 0) is 23.8 Å². The van der Waals surface area contributed by atoms with Crippen LogP contribution in [0, 0.1) is 0 Å². The van der Waals surface area contributed by atoms with Gasteiger partial charge in [-0.1, -0.05) is 54.1 Å². The monoisotopic (exact) mass is 424 g/mol. The Morgan fingerprint density at radius 1 is 1.20 bits per heavy atom. The minimum Gasteiger partial charge on any atom is -0.374 e. The Kier molecular flexibility index (Phi) is 6.47. The summed E-state index contributed by atoms with van der Waals surface area (Å²) in [5.41, 5.74) is 3.45. The summed E-state index contributed by atoms with van der Waals surface area (Å²) in [5.74, 6) is -0.158. The van der Waals surface area contributed by atoms with E-state index in [1.165, 1.54) is 5.56 Å². The van der Waals surface area contributed by atoms with Crippen LogP contribution in [0.5, 0.6) is 0 Å². The van der Waals surface area contributed by atoms with Gasteiger partial charge in [-0.25, -0.2) is 0 Å². The van der Waals surface area contributed by atoms with Crippen molar-refractivity contribution in [2.45, 2.75) is 12.6 Å². The lowest BCUT2D eigenvalue weighted by Gasteiger charge is -2.33. The first-order valence-corrected chi connectivity index (χ1v) is 10.4. The van der Waals surface area contributed by atoms with Crippen molar-refractivity contribution in [1.29, 1.82) is 0 Å². The summed E-state index contributed by atoms with van der Waals surface area (Å²) >= 11 is 5.95. The van der Waals surface area contributed by atoms with Crippen molar-refractivity contribution in [3.05, 3.63) is 76.9 Å². The lowest BCUT2D eigenvalue weighted by molar-refractivity contribution is -0.0293. The second-order valence-corrected chi connectivity index (χ2v) is 7.91. The molecule has 0 bridgehead atoms. The van der Waals surface area contributed by atoms with Crippen molar-refractivity contribution in [3.63, 3.8) is 0 Å². The van der Waals surface area contributed by atoms with Gasteiger partial charge in [0.2, 0.25) is 0 Å². The van der Waals surface area contributed by atoms with E-state index < -0.39 is 0 Å². The molecule has 1 saturated heterocycles. The number of rotatable bonds is 6. The fourth-order valence-corrected chi connectivity index (χ4v) is 3.75. The van der Waals surface area contributed by atoms with Gasteiger partial charge in [0.25, 0.3) is 5.91 Å². The number of benzene rings is 2. The molecule has 0 radical (unpaired) electrons. The minimum absolute atomic E-state index is 0.0321. The molecule has 1 fully saturated rings. The lowest BCUT2D eigenvalue weighted by Crippen LogP contribution is -2.47.